The second kappa shape index (κ2) is 6.20. The second-order valence-electron chi connectivity index (χ2n) is 5.83. The summed E-state index contributed by atoms with van der Waals surface area (Å²) in [4.78, 5) is 11.7. The third-order valence-electron chi connectivity index (χ3n) is 3.91. The molecule has 2 N–H and O–H groups in total. The highest BCUT2D eigenvalue weighted by Crippen LogP contribution is 2.26. The van der Waals surface area contributed by atoms with Crippen LogP contribution in [-0.4, -0.2) is 23.2 Å². The quantitative estimate of drug-likeness (QED) is 0.825. The molecule has 1 aromatic rings. The van der Waals surface area contributed by atoms with Gasteiger partial charge in [0.25, 0.3) is 0 Å². The molecule has 0 aliphatic heterocycles. The number of nitrogens with one attached hydrogen (secondary N) is 1. The van der Waals surface area contributed by atoms with Gasteiger partial charge in [-0.05, 0) is 38.2 Å². The Morgan fingerprint density at radius 3 is 2.63 bits per heavy atom. The van der Waals surface area contributed by atoms with Gasteiger partial charge in [-0.15, -0.1) is 0 Å². The molecule has 3 heteroatoms. The summed E-state index contributed by atoms with van der Waals surface area (Å²) in [5.74, 6) is 0.288. The van der Waals surface area contributed by atoms with Crippen molar-refractivity contribution >= 4 is 5.91 Å². The molecule has 1 aliphatic carbocycles. The predicted octanol–water partition coefficient (Wildman–Crippen LogP) is 2.29. The highest BCUT2D eigenvalue weighted by atomic mass is 16.3. The Bertz CT molecular complexity index is 410. The van der Waals surface area contributed by atoms with Crippen LogP contribution in [0.2, 0.25) is 0 Å². The van der Waals surface area contributed by atoms with Gasteiger partial charge in [-0.25, -0.2) is 0 Å². The Labute approximate surface area is 115 Å². The smallest absolute Gasteiger partial charge is 0.223 e. The van der Waals surface area contributed by atoms with Gasteiger partial charge >= 0.3 is 0 Å². The van der Waals surface area contributed by atoms with Crippen molar-refractivity contribution in [1.29, 1.82) is 0 Å². The SMILES string of the molecule is C[C@](O)(CCc1ccccc1)CNC(=O)C1CCC1. The zero-order valence-electron chi connectivity index (χ0n) is 11.6. The molecule has 1 aromatic carbocycles. The van der Waals surface area contributed by atoms with Crippen LogP contribution < -0.4 is 5.32 Å². The minimum atomic E-state index is -0.838. The molecule has 19 heavy (non-hydrogen) atoms. The molecule has 3 nitrogen and oxygen atoms in total. The Kier molecular flexibility index (Phi) is 4.59. The van der Waals surface area contributed by atoms with Gasteiger partial charge in [0.2, 0.25) is 5.91 Å². The van der Waals surface area contributed by atoms with Crippen LogP contribution in [0.15, 0.2) is 30.3 Å². The number of hydrogen-bond donors (Lipinski definition) is 2. The van der Waals surface area contributed by atoms with E-state index >= 15 is 0 Å². The molecule has 2 rings (SSSR count). The molecule has 0 heterocycles. The first-order valence-corrected chi connectivity index (χ1v) is 7.11. The van der Waals surface area contributed by atoms with Gasteiger partial charge < -0.3 is 10.4 Å². The van der Waals surface area contributed by atoms with E-state index in [1.165, 1.54) is 5.56 Å². The van der Waals surface area contributed by atoms with E-state index in [-0.39, 0.29) is 11.8 Å². The Balaban J connectivity index is 1.73. The van der Waals surface area contributed by atoms with Crippen LogP contribution in [0, 0.1) is 5.92 Å². The average Bonchev–Trinajstić information content (AvgIpc) is 2.34. The maximum atomic E-state index is 11.7. The van der Waals surface area contributed by atoms with Crippen molar-refractivity contribution in [3.63, 3.8) is 0 Å². The number of amides is 1. The Hall–Kier alpha value is -1.35. The van der Waals surface area contributed by atoms with Crippen LogP contribution >= 0.6 is 0 Å². The molecule has 1 saturated carbocycles. The first kappa shape index (κ1) is 14.1. The lowest BCUT2D eigenvalue weighted by Crippen LogP contribution is -2.44. The van der Waals surface area contributed by atoms with Crippen LogP contribution in [0.3, 0.4) is 0 Å². The molecule has 1 atom stereocenters. The molecule has 1 aliphatic rings. The summed E-state index contributed by atoms with van der Waals surface area (Å²) in [6.45, 7) is 2.13. The van der Waals surface area contributed by atoms with Crippen LogP contribution in [0.25, 0.3) is 0 Å². The highest BCUT2D eigenvalue weighted by Gasteiger charge is 2.27. The fourth-order valence-corrected chi connectivity index (χ4v) is 2.24. The van der Waals surface area contributed by atoms with Crippen LogP contribution in [0.4, 0.5) is 0 Å². The summed E-state index contributed by atoms with van der Waals surface area (Å²) in [5, 5.41) is 13.2. The predicted molar refractivity (Wildman–Crippen MR) is 75.7 cm³/mol. The monoisotopic (exact) mass is 261 g/mol. The second-order valence-corrected chi connectivity index (χ2v) is 5.83. The summed E-state index contributed by atoms with van der Waals surface area (Å²) in [6, 6.07) is 10.1. The lowest BCUT2D eigenvalue weighted by Gasteiger charge is -2.28. The Morgan fingerprint density at radius 2 is 2.05 bits per heavy atom. The van der Waals surface area contributed by atoms with Gasteiger partial charge in [0, 0.05) is 12.5 Å². The minimum absolute atomic E-state index is 0.103. The first-order valence-electron chi connectivity index (χ1n) is 7.11. The number of benzene rings is 1. The minimum Gasteiger partial charge on any atom is -0.388 e. The van der Waals surface area contributed by atoms with Crippen molar-refractivity contribution in [2.24, 2.45) is 5.92 Å². The molecule has 104 valence electrons. The van der Waals surface area contributed by atoms with E-state index in [1.807, 2.05) is 18.2 Å². The lowest BCUT2D eigenvalue weighted by molar-refractivity contribution is -0.128. The van der Waals surface area contributed by atoms with Gasteiger partial charge in [-0.2, -0.15) is 0 Å². The molecule has 1 fully saturated rings. The van der Waals surface area contributed by atoms with Crippen molar-refractivity contribution < 1.29 is 9.90 Å². The maximum Gasteiger partial charge on any atom is 0.223 e. The number of rotatable bonds is 6. The van der Waals surface area contributed by atoms with E-state index in [9.17, 15) is 9.90 Å². The normalized spacial score (nSPS) is 18.4. The summed E-state index contributed by atoms with van der Waals surface area (Å²) in [5.41, 5.74) is 0.378. The van der Waals surface area contributed by atoms with Crippen molar-refractivity contribution in [2.45, 2.75) is 44.6 Å². The number of aliphatic hydroxyl groups is 1. The van der Waals surface area contributed by atoms with E-state index in [4.69, 9.17) is 0 Å². The molecule has 1 amide bonds. The average molecular weight is 261 g/mol. The molecular formula is C16H23NO2. The standard InChI is InChI=1S/C16H23NO2/c1-16(19,11-10-13-6-3-2-4-7-13)12-17-15(18)14-8-5-9-14/h2-4,6-7,14,19H,5,8-12H2,1H3,(H,17,18)/t16-/m0/s1. The van der Waals surface area contributed by atoms with Gasteiger partial charge in [0.1, 0.15) is 0 Å². The largest absolute Gasteiger partial charge is 0.388 e. The van der Waals surface area contributed by atoms with Gasteiger partial charge in [0.05, 0.1) is 5.60 Å². The van der Waals surface area contributed by atoms with Gasteiger partial charge in [-0.3, -0.25) is 4.79 Å². The van der Waals surface area contributed by atoms with E-state index in [0.717, 1.165) is 25.7 Å². The van der Waals surface area contributed by atoms with Crippen molar-refractivity contribution in [1.82, 2.24) is 5.32 Å². The molecule has 0 unspecified atom stereocenters. The summed E-state index contributed by atoms with van der Waals surface area (Å²) in [7, 11) is 0. The number of hydrogen-bond acceptors (Lipinski definition) is 2. The van der Waals surface area contributed by atoms with Crippen LogP contribution in [0.5, 0.6) is 0 Å². The van der Waals surface area contributed by atoms with Gasteiger partial charge in [-0.1, -0.05) is 36.8 Å². The third-order valence-corrected chi connectivity index (χ3v) is 3.91. The van der Waals surface area contributed by atoms with E-state index < -0.39 is 5.60 Å². The van der Waals surface area contributed by atoms with Crippen molar-refractivity contribution in [2.75, 3.05) is 6.54 Å². The van der Waals surface area contributed by atoms with E-state index in [2.05, 4.69) is 17.4 Å². The summed E-state index contributed by atoms with van der Waals surface area (Å²) < 4.78 is 0. The van der Waals surface area contributed by atoms with Gasteiger partial charge in [0.15, 0.2) is 0 Å². The topological polar surface area (TPSA) is 49.3 Å². The van der Waals surface area contributed by atoms with E-state index in [1.54, 1.807) is 6.92 Å². The molecule has 0 radical (unpaired) electrons. The molecule has 0 aromatic heterocycles. The number of carbonyl (C=O) groups excluding carboxylic acids is 1. The van der Waals surface area contributed by atoms with Crippen LogP contribution in [0.1, 0.15) is 38.2 Å². The number of aryl methyl sites for hydroxylation is 1. The molecular weight excluding hydrogens is 238 g/mol. The van der Waals surface area contributed by atoms with Crippen molar-refractivity contribution in [3.05, 3.63) is 35.9 Å². The lowest BCUT2D eigenvalue weighted by atomic mass is 9.84. The summed E-state index contributed by atoms with van der Waals surface area (Å²) in [6.07, 6.45) is 4.63. The van der Waals surface area contributed by atoms with Crippen molar-refractivity contribution in [3.8, 4) is 0 Å². The van der Waals surface area contributed by atoms with Crippen LogP contribution in [-0.2, 0) is 11.2 Å². The van der Waals surface area contributed by atoms with E-state index in [0.29, 0.717) is 13.0 Å². The molecule has 0 spiro atoms. The fraction of sp³-hybridized carbons (Fsp3) is 0.562. The molecule has 0 bridgehead atoms. The maximum absolute atomic E-state index is 11.7. The fourth-order valence-electron chi connectivity index (χ4n) is 2.24. The molecule has 0 saturated heterocycles. The first-order chi connectivity index (χ1) is 9.07. The Morgan fingerprint density at radius 1 is 1.37 bits per heavy atom. The zero-order valence-corrected chi connectivity index (χ0v) is 11.6. The highest BCUT2D eigenvalue weighted by molar-refractivity contribution is 5.79. The number of carbonyl (C=O) groups is 1. The third kappa shape index (κ3) is 4.35. The zero-order chi connectivity index (χ0) is 13.7. The summed E-state index contributed by atoms with van der Waals surface area (Å²) >= 11 is 0.